The van der Waals surface area contributed by atoms with Gasteiger partial charge in [0.1, 0.15) is 11.9 Å². The molecule has 2 aliphatic rings. The molecule has 0 spiro atoms. The van der Waals surface area contributed by atoms with Gasteiger partial charge in [-0.15, -0.1) is 0 Å². The van der Waals surface area contributed by atoms with E-state index in [-0.39, 0.29) is 24.5 Å². The molecular formula is C22H24N2O4. The van der Waals surface area contributed by atoms with Crippen molar-refractivity contribution in [1.29, 1.82) is 0 Å². The molecule has 0 aromatic heterocycles. The Morgan fingerprint density at radius 1 is 1.07 bits per heavy atom. The zero-order valence-corrected chi connectivity index (χ0v) is 15.8. The summed E-state index contributed by atoms with van der Waals surface area (Å²) < 4.78 is 11.5. The molecule has 6 nitrogen and oxygen atoms in total. The lowest BCUT2D eigenvalue weighted by atomic mass is 10.1. The second kappa shape index (κ2) is 8.44. The van der Waals surface area contributed by atoms with E-state index in [0.29, 0.717) is 31.9 Å². The number of carbonyl (C=O) groups is 2. The molecule has 2 amide bonds. The number of morpholine rings is 1. The maximum atomic E-state index is 12.6. The fourth-order valence-corrected chi connectivity index (χ4v) is 3.62. The lowest BCUT2D eigenvalue weighted by Gasteiger charge is -2.33. The quantitative estimate of drug-likeness (QED) is 0.800. The average Bonchev–Trinajstić information content (AvgIpc) is 3.19. The first kappa shape index (κ1) is 18.5. The van der Waals surface area contributed by atoms with E-state index in [2.05, 4.69) is 0 Å². The fraction of sp³-hybridized carbons (Fsp3) is 0.364. The average molecular weight is 380 g/mol. The summed E-state index contributed by atoms with van der Waals surface area (Å²) >= 11 is 0. The summed E-state index contributed by atoms with van der Waals surface area (Å²) in [6.07, 6.45) is 1.40. The van der Waals surface area contributed by atoms with E-state index in [1.807, 2.05) is 42.5 Å². The number of amides is 2. The monoisotopic (exact) mass is 380 g/mol. The van der Waals surface area contributed by atoms with Gasteiger partial charge in [-0.2, -0.15) is 0 Å². The number of hydrogen-bond acceptors (Lipinski definition) is 4. The molecule has 28 heavy (non-hydrogen) atoms. The maximum Gasteiger partial charge on any atom is 0.260 e. The van der Waals surface area contributed by atoms with Crippen molar-refractivity contribution in [2.75, 3.05) is 37.7 Å². The van der Waals surface area contributed by atoms with Crippen molar-refractivity contribution >= 4 is 17.5 Å². The van der Waals surface area contributed by atoms with Crippen LogP contribution in [0.4, 0.5) is 5.69 Å². The SMILES string of the molecule is O=C(COc1ccc(N2CCCC2=O)cc1)N1CCOC(c2ccccc2)C1. The Balaban J connectivity index is 1.31. The summed E-state index contributed by atoms with van der Waals surface area (Å²) in [7, 11) is 0. The topological polar surface area (TPSA) is 59.1 Å². The summed E-state index contributed by atoms with van der Waals surface area (Å²) in [4.78, 5) is 27.9. The highest BCUT2D eigenvalue weighted by Crippen LogP contribution is 2.25. The smallest absolute Gasteiger partial charge is 0.260 e. The van der Waals surface area contributed by atoms with Crippen LogP contribution in [0, 0.1) is 0 Å². The van der Waals surface area contributed by atoms with Crippen molar-refractivity contribution in [3.8, 4) is 5.75 Å². The third-order valence-electron chi connectivity index (χ3n) is 5.17. The predicted octanol–water partition coefficient (Wildman–Crippen LogP) is 2.79. The molecule has 2 saturated heterocycles. The number of ether oxygens (including phenoxy) is 2. The number of hydrogen-bond donors (Lipinski definition) is 0. The van der Waals surface area contributed by atoms with Gasteiger partial charge in [-0.25, -0.2) is 0 Å². The minimum Gasteiger partial charge on any atom is -0.484 e. The summed E-state index contributed by atoms with van der Waals surface area (Å²) in [6, 6.07) is 17.3. The van der Waals surface area contributed by atoms with Gasteiger partial charge in [-0.05, 0) is 36.2 Å². The van der Waals surface area contributed by atoms with Crippen molar-refractivity contribution in [2.24, 2.45) is 0 Å². The van der Waals surface area contributed by atoms with E-state index < -0.39 is 0 Å². The first-order chi connectivity index (χ1) is 13.7. The molecule has 0 bridgehead atoms. The molecule has 4 rings (SSSR count). The molecule has 0 saturated carbocycles. The van der Waals surface area contributed by atoms with E-state index in [0.717, 1.165) is 24.2 Å². The van der Waals surface area contributed by atoms with E-state index in [1.165, 1.54) is 0 Å². The van der Waals surface area contributed by atoms with Crippen molar-refractivity contribution in [1.82, 2.24) is 4.90 Å². The Morgan fingerprint density at radius 3 is 2.57 bits per heavy atom. The van der Waals surface area contributed by atoms with Crippen LogP contribution in [0.1, 0.15) is 24.5 Å². The second-order valence-corrected chi connectivity index (χ2v) is 7.04. The van der Waals surface area contributed by atoms with E-state index in [1.54, 1.807) is 21.9 Å². The summed E-state index contributed by atoms with van der Waals surface area (Å²) in [5.41, 5.74) is 1.95. The number of benzene rings is 2. The van der Waals surface area contributed by atoms with Crippen molar-refractivity contribution in [3.63, 3.8) is 0 Å². The standard InChI is InChI=1S/C22H24N2O4/c25-21-7-4-12-24(21)18-8-10-19(11-9-18)28-16-22(26)23-13-14-27-20(15-23)17-5-2-1-3-6-17/h1-3,5-6,8-11,20H,4,7,12-16H2. The molecule has 0 radical (unpaired) electrons. The normalized spacial score (nSPS) is 19.7. The van der Waals surface area contributed by atoms with Gasteiger partial charge in [0.25, 0.3) is 5.91 Å². The molecule has 2 aromatic rings. The van der Waals surface area contributed by atoms with Gasteiger partial charge in [0, 0.05) is 25.2 Å². The van der Waals surface area contributed by atoms with Gasteiger partial charge in [0.15, 0.2) is 6.61 Å². The minimum atomic E-state index is -0.101. The van der Waals surface area contributed by atoms with Gasteiger partial charge in [0.2, 0.25) is 5.91 Å². The Kier molecular flexibility index (Phi) is 5.58. The fourth-order valence-electron chi connectivity index (χ4n) is 3.62. The first-order valence-corrected chi connectivity index (χ1v) is 9.68. The van der Waals surface area contributed by atoms with E-state index >= 15 is 0 Å². The van der Waals surface area contributed by atoms with Crippen LogP contribution < -0.4 is 9.64 Å². The van der Waals surface area contributed by atoms with Crippen LogP contribution in [-0.4, -0.2) is 49.6 Å². The van der Waals surface area contributed by atoms with Gasteiger partial charge in [-0.1, -0.05) is 30.3 Å². The third-order valence-corrected chi connectivity index (χ3v) is 5.17. The van der Waals surface area contributed by atoms with Crippen LogP contribution in [0.5, 0.6) is 5.75 Å². The predicted molar refractivity (Wildman–Crippen MR) is 105 cm³/mol. The summed E-state index contributed by atoms with van der Waals surface area (Å²) in [5.74, 6) is 0.726. The number of nitrogens with zero attached hydrogens (tertiary/aromatic N) is 2. The first-order valence-electron chi connectivity index (χ1n) is 9.68. The Morgan fingerprint density at radius 2 is 1.86 bits per heavy atom. The molecule has 146 valence electrons. The molecule has 2 fully saturated rings. The van der Waals surface area contributed by atoms with Gasteiger partial charge < -0.3 is 19.3 Å². The van der Waals surface area contributed by atoms with Crippen LogP contribution in [0.15, 0.2) is 54.6 Å². The maximum absolute atomic E-state index is 12.6. The zero-order chi connectivity index (χ0) is 19.3. The molecular weight excluding hydrogens is 356 g/mol. The van der Waals surface area contributed by atoms with E-state index in [4.69, 9.17) is 9.47 Å². The largest absolute Gasteiger partial charge is 0.484 e. The Labute approximate surface area is 164 Å². The minimum absolute atomic E-state index is 0.0104. The van der Waals surface area contributed by atoms with Crippen LogP contribution in [-0.2, 0) is 14.3 Å². The van der Waals surface area contributed by atoms with Crippen molar-refractivity contribution in [2.45, 2.75) is 18.9 Å². The van der Waals surface area contributed by atoms with Gasteiger partial charge >= 0.3 is 0 Å². The van der Waals surface area contributed by atoms with E-state index in [9.17, 15) is 9.59 Å². The molecule has 1 unspecified atom stereocenters. The molecule has 2 heterocycles. The van der Waals surface area contributed by atoms with Crippen LogP contribution in [0.2, 0.25) is 0 Å². The highest BCUT2D eigenvalue weighted by atomic mass is 16.5. The lowest BCUT2D eigenvalue weighted by molar-refractivity contribution is -0.141. The highest BCUT2D eigenvalue weighted by Gasteiger charge is 2.25. The molecule has 2 aromatic carbocycles. The Bertz CT molecular complexity index is 822. The van der Waals surface area contributed by atoms with Crippen molar-refractivity contribution < 1.29 is 19.1 Å². The van der Waals surface area contributed by atoms with Crippen molar-refractivity contribution in [3.05, 3.63) is 60.2 Å². The van der Waals surface area contributed by atoms with Crippen LogP contribution >= 0.6 is 0 Å². The van der Waals surface area contributed by atoms with Crippen LogP contribution in [0.3, 0.4) is 0 Å². The van der Waals surface area contributed by atoms with Crippen LogP contribution in [0.25, 0.3) is 0 Å². The number of anilines is 1. The number of carbonyl (C=O) groups excluding carboxylic acids is 2. The number of rotatable bonds is 5. The summed E-state index contributed by atoms with van der Waals surface area (Å²) in [5, 5.41) is 0. The molecule has 2 aliphatic heterocycles. The van der Waals surface area contributed by atoms with Gasteiger partial charge in [0.05, 0.1) is 13.2 Å². The lowest BCUT2D eigenvalue weighted by Crippen LogP contribution is -2.44. The zero-order valence-electron chi connectivity index (χ0n) is 15.8. The third kappa shape index (κ3) is 4.17. The second-order valence-electron chi connectivity index (χ2n) is 7.04. The molecule has 0 N–H and O–H groups in total. The highest BCUT2D eigenvalue weighted by molar-refractivity contribution is 5.95. The molecule has 1 atom stereocenters. The van der Waals surface area contributed by atoms with Gasteiger partial charge in [-0.3, -0.25) is 9.59 Å². The summed E-state index contributed by atoms with van der Waals surface area (Å²) in [6.45, 7) is 2.37. The Hall–Kier alpha value is -2.86. The molecule has 0 aliphatic carbocycles. The molecule has 6 heteroatoms.